The van der Waals surface area contributed by atoms with Gasteiger partial charge in [0.15, 0.2) is 0 Å². The van der Waals surface area contributed by atoms with E-state index >= 15 is 0 Å². The van der Waals surface area contributed by atoms with Crippen molar-refractivity contribution in [3.05, 3.63) is 40.5 Å². The van der Waals surface area contributed by atoms with Crippen molar-refractivity contribution >= 4 is 0 Å². The Morgan fingerprint density at radius 1 is 0.552 bits per heavy atom. The Morgan fingerprint density at radius 3 is 0.862 bits per heavy atom. The van der Waals surface area contributed by atoms with E-state index in [1.165, 1.54) is 27.7 Å². The van der Waals surface area contributed by atoms with E-state index in [1.807, 2.05) is 0 Å². The normalized spacial score (nSPS) is 17.5. The molecule has 0 aliphatic heterocycles. The van der Waals surface area contributed by atoms with Crippen molar-refractivity contribution in [2.45, 2.75) is 58.0 Å². The highest BCUT2D eigenvalue weighted by Crippen LogP contribution is 2.21. The standard InChI is InChI=1S/C13H24N4O12/c1-9(14(18)19)5-26-13(27-6-10(2)15(20)21,28-7-11(3)16(22)23)29-8-12(4)17(24)25/h9-12H,5-8H2,1-4H3. The van der Waals surface area contributed by atoms with Gasteiger partial charge in [0, 0.05) is 47.4 Å². The first kappa shape index (κ1) is 26.4. The van der Waals surface area contributed by atoms with Crippen LogP contribution in [0.4, 0.5) is 0 Å². The van der Waals surface area contributed by atoms with Crippen molar-refractivity contribution < 1.29 is 38.6 Å². The van der Waals surface area contributed by atoms with E-state index in [4.69, 9.17) is 18.9 Å². The summed E-state index contributed by atoms with van der Waals surface area (Å²) in [4.78, 5) is 40.5. The molecule has 0 bridgehead atoms. The number of hydrogen-bond donors (Lipinski definition) is 0. The molecule has 29 heavy (non-hydrogen) atoms. The summed E-state index contributed by atoms with van der Waals surface area (Å²) in [6.07, 6.45) is -2.65. The summed E-state index contributed by atoms with van der Waals surface area (Å²) in [5.41, 5.74) is 0. The first-order valence-corrected chi connectivity index (χ1v) is 8.41. The zero-order valence-corrected chi connectivity index (χ0v) is 16.3. The summed E-state index contributed by atoms with van der Waals surface area (Å²) in [6.45, 7) is 2.01. The molecule has 0 aliphatic rings. The van der Waals surface area contributed by atoms with Crippen LogP contribution in [-0.4, -0.2) is 76.4 Å². The lowest BCUT2D eigenvalue weighted by atomic mass is 10.4. The molecule has 0 radical (unpaired) electrons. The second kappa shape index (κ2) is 12.1. The molecule has 168 valence electrons. The van der Waals surface area contributed by atoms with Crippen LogP contribution in [0.5, 0.6) is 0 Å². The van der Waals surface area contributed by atoms with Crippen LogP contribution >= 0.6 is 0 Å². The lowest BCUT2D eigenvalue weighted by Crippen LogP contribution is -2.49. The largest absolute Gasteiger partial charge is 0.413 e. The maximum atomic E-state index is 10.8. The Bertz CT molecular complexity index is 487. The molecule has 0 fully saturated rings. The molecule has 4 unspecified atom stereocenters. The van der Waals surface area contributed by atoms with Crippen LogP contribution in [0.15, 0.2) is 0 Å². The monoisotopic (exact) mass is 428 g/mol. The zero-order valence-electron chi connectivity index (χ0n) is 16.3. The van der Waals surface area contributed by atoms with Crippen LogP contribution in [0.2, 0.25) is 0 Å². The third-order valence-corrected chi connectivity index (χ3v) is 3.44. The van der Waals surface area contributed by atoms with Crippen LogP contribution in [0, 0.1) is 40.5 Å². The summed E-state index contributed by atoms with van der Waals surface area (Å²) in [5, 5.41) is 43.3. The first-order chi connectivity index (χ1) is 13.3. The van der Waals surface area contributed by atoms with Gasteiger partial charge in [0.2, 0.25) is 24.2 Å². The van der Waals surface area contributed by atoms with Gasteiger partial charge in [0.05, 0.1) is 0 Å². The maximum absolute atomic E-state index is 10.8. The minimum Gasteiger partial charge on any atom is -0.296 e. The van der Waals surface area contributed by atoms with E-state index in [2.05, 4.69) is 0 Å². The van der Waals surface area contributed by atoms with Crippen LogP contribution in [0.25, 0.3) is 0 Å². The Labute approximate surface area is 164 Å². The first-order valence-electron chi connectivity index (χ1n) is 8.41. The summed E-state index contributed by atoms with van der Waals surface area (Å²) in [6, 6.07) is -5.17. The van der Waals surface area contributed by atoms with E-state index in [1.54, 1.807) is 0 Å². The van der Waals surface area contributed by atoms with Gasteiger partial charge in [-0.3, -0.25) is 59.4 Å². The minimum atomic E-state index is -2.65. The third kappa shape index (κ3) is 9.97. The van der Waals surface area contributed by atoms with Gasteiger partial charge >= 0.3 is 6.16 Å². The fourth-order valence-electron chi connectivity index (χ4n) is 1.38. The Morgan fingerprint density at radius 2 is 0.724 bits per heavy atom. The van der Waals surface area contributed by atoms with Gasteiger partial charge in [0.1, 0.15) is 26.4 Å². The highest BCUT2D eigenvalue weighted by molar-refractivity contribution is 4.57. The minimum absolute atomic E-state index is 0.667. The molecule has 0 heterocycles. The summed E-state index contributed by atoms with van der Waals surface area (Å²) in [7, 11) is 0. The molecule has 0 spiro atoms. The number of hydrogen-bond acceptors (Lipinski definition) is 12. The topological polar surface area (TPSA) is 209 Å². The molecular formula is C13H24N4O12. The molecular weight excluding hydrogens is 404 g/mol. The quantitative estimate of drug-likeness (QED) is 0.185. The zero-order chi connectivity index (χ0) is 22.8. The van der Waals surface area contributed by atoms with Crippen molar-refractivity contribution in [2.24, 2.45) is 0 Å². The van der Waals surface area contributed by atoms with Crippen molar-refractivity contribution in [1.82, 2.24) is 0 Å². The average Bonchev–Trinajstić information content (AvgIpc) is 2.64. The van der Waals surface area contributed by atoms with Crippen molar-refractivity contribution in [3.63, 3.8) is 0 Å². The summed E-state index contributed by atoms with van der Waals surface area (Å²) < 4.78 is 20.7. The number of nitrogens with zero attached hydrogens (tertiary/aromatic N) is 4. The fourth-order valence-corrected chi connectivity index (χ4v) is 1.38. The molecule has 0 saturated carbocycles. The van der Waals surface area contributed by atoms with Gasteiger partial charge in [-0.15, -0.1) is 0 Å². The lowest BCUT2D eigenvalue weighted by molar-refractivity contribution is -0.584. The van der Waals surface area contributed by atoms with Gasteiger partial charge in [-0.25, -0.2) is 0 Å². The molecule has 4 atom stereocenters. The second-order valence-electron chi connectivity index (χ2n) is 6.28. The smallest absolute Gasteiger partial charge is 0.296 e. The third-order valence-electron chi connectivity index (χ3n) is 3.44. The Hall–Kier alpha value is -2.56. The van der Waals surface area contributed by atoms with Gasteiger partial charge in [-0.1, -0.05) is 0 Å². The number of nitro groups is 4. The lowest BCUT2D eigenvalue weighted by Gasteiger charge is -2.32. The fraction of sp³-hybridized carbons (Fsp3) is 1.00. The molecule has 0 aromatic rings. The maximum Gasteiger partial charge on any atom is 0.413 e. The van der Waals surface area contributed by atoms with Crippen molar-refractivity contribution in [1.29, 1.82) is 0 Å². The van der Waals surface area contributed by atoms with E-state index in [0.717, 1.165) is 0 Å². The Kier molecular flexibility index (Phi) is 11.0. The molecule has 0 N–H and O–H groups in total. The summed E-state index contributed by atoms with van der Waals surface area (Å²) in [5.74, 6) is 0. The molecule has 0 aromatic heterocycles. The predicted octanol–water partition coefficient (Wildman–Crippen LogP) is 0.325. The van der Waals surface area contributed by atoms with Crippen LogP contribution in [-0.2, 0) is 18.9 Å². The van der Waals surface area contributed by atoms with Crippen molar-refractivity contribution in [3.8, 4) is 0 Å². The number of ether oxygens (including phenoxy) is 4. The van der Waals surface area contributed by atoms with Gasteiger partial charge < -0.3 is 0 Å². The highest BCUT2D eigenvalue weighted by atomic mass is 17.0. The molecule has 16 nitrogen and oxygen atoms in total. The van der Waals surface area contributed by atoms with Gasteiger partial charge in [0.25, 0.3) is 0 Å². The molecule has 16 heteroatoms. The van der Waals surface area contributed by atoms with Crippen molar-refractivity contribution in [2.75, 3.05) is 26.4 Å². The SMILES string of the molecule is CC(COC(OCC(C)[N+](=O)[O-])(OCC(C)[N+](=O)[O-])OCC(C)[N+](=O)[O-])[N+](=O)[O-]. The average molecular weight is 428 g/mol. The van der Waals surface area contributed by atoms with E-state index in [-0.39, 0.29) is 0 Å². The summed E-state index contributed by atoms with van der Waals surface area (Å²) >= 11 is 0. The van der Waals surface area contributed by atoms with Crippen LogP contribution in [0.1, 0.15) is 27.7 Å². The van der Waals surface area contributed by atoms with E-state index in [9.17, 15) is 40.5 Å². The van der Waals surface area contributed by atoms with Crippen LogP contribution in [0.3, 0.4) is 0 Å². The molecule has 0 aliphatic carbocycles. The molecule has 0 amide bonds. The number of rotatable bonds is 16. The van der Waals surface area contributed by atoms with Crippen LogP contribution < -0.4 is 0 Å². The molecule has 0 aromatic carbocycles. The van der Waals surface area contributed by atoms with Gasteiger partial charge in [-0.2, -0.15) is 0 Å². The van der Waals surface area contributed by atoms with Gasteiger partial charge in [-0.05, 0) is 0 Å². The second-order valence-corrected chi connectivity index (χ2v) is 6.28. The van der Waals surface area contributed by atoms with E-state index < -0.39 is 76.4 Å². The molecule has 0 rings (SSSR count). The highest BCUT2D eigenvalue weighted by Gasteiger charge is 2.42. The van der Waals surface area contributed by atoms with E-state index in [0.29, 0.717) is 0 Å². The molecule has 0 saturated heterocycles. The Balaban J connectivity index is 5.58. The predicted molar refractivity (Wildman–Crippen MR) is 92.4 cm³/mol.